The van der Waals surface area contributed by atoms with Gasteiger partial charge in [0.15, 0.2) is 5.78 Å². The van der Waals surface area contributed by atoms with Crippen molar-refractivity contribution in [2.75, 3.05) is 6.54 Å². The van der Waals surface area contributed by atoms with Gasteiger partial charge in [0.25, 0.3) is 0 Å². The van der Waals surface area contributed by atoms with Gasteiger partial charge in [-0.3, -0.25) is 9.59 Å². The lowest BCUT2D eigenvalue weighted by molar-refractivity contribution is -0.118. The molecule has 0 fully saturated rings. The Hall–Kier alpha value is -1.97. The first-order valence-corrected chi connectivity index (χ1v) is 5.73. The van der Waals surface area contributed by atoms with Gasteiger partial charge in [0, 0.05) is 19.0 Å². The van der Waals surface area contributed by atoms with Crippen LogP contribution in [-0.2, 0) is 4.79 Å². The Kier molecular flexibility index (Phi) is 5.24. The van der Waals surface area contributed by atoms with E-state index in [1.807, 2.05) is 0 Å². The largest absolute Gasteiger partial charge is 0.356 e. The Morgan fingerprint density at radius 3 is 2.67 bits per heavy atom. The standard InChI is InChI=1S/C14H16FNO2/c1-10(17)13-8-5-7-12(14(13)15)6-3-4-9-16-11(2)18/h3,5-8H,4,9H2,1-2H3,(H,16,18). The van der Waals surface area contributed by atoms with E-state index in [1.54, 1.807) is 24.3 Å². The molecule has 0 radical (unpaired) electrons. The Morgan fingerprint density at radius 1 is 1.33 bits per heavy atom. The second-order valence-electron chi connectivity index (χ2n) is 3.94. The summed E-state index contributed by atoms with van der Waals surface area (Å²) in [6.45, 7) is 3.29. The summed E-state index contributed by atoms with van der Waals surface area (Å²) in [6, 6.07) is 4.72. The van der Waals surface area contributed by atoms with Crippen molar-refractivity contribution in [3.63, 3.8) is 0 Å². The number of carbonyl (C=O) groups excluding carboxylic acids is 2. The van der Waals surface area contributed by atoms with Gasteiger partial charge in [-0.2, -0.15) is 0 Å². The van der Waals surface area contributed by atoms with Crippen LogP contribution in [-0.4, -0.2) is 18.2 Å². The monoisotopic (exact) mass is 249 g/mol. The number of nitrogens with one attached hydrogen (secondary N) is 1. The molecule has 1 amide bonds. The molecule has 4 heteroatoms. The lowest BCUT2D eigenvalue weighted by Crippen LogP contribution is -2.20. The SMILES string of the molecule is CC(=O)NCCC=Cc1cccc(C(C)=O)c1F. The number of rotatable bonds is 5. The van der Waals surface area contributed by atoms with E-state index in [1.165, 1.54) is 19.9 Å². The van der Waals surface area contributed by atoms with Gasteiger partial charge in [-0.1, -0.05) is 24.3 Å². The predicted octanol–water partition coefficient (Wildman–Crippen LogP) is 2.57. The molecule has 1 rings (SSSR count). The number of hydrogen-bond donors (Lipinski definition) is 1. The molecule has 0 bridgehead atoms. The Balaban J connectivity index is 2.67. The van der Waals surface area contributed by atoms with Crippen LogP contribution in [0.4, 0.5) is 4.39 Å². The lowest BCUT2D eigenvalue weighted by atomic mass is 10.1. The highest BCUT2D eigenvalue weighted by atomic mass is 19.1. The van der Waals surface area contributed by atoms with Gasteiger partial charge in [0.2, 0.25) is 5.91 Å². The highest BCUT2D eigenvalue weighted by molar-refractivity contribution is 5.94. The molecule has 0 aliphatic carbocycles. The van der Waals surface area contributed by atoms with Gasteiger partial charge in [0.1, 0.15) is 5.82 Å². The van der Waals surface area contributed by atoms with Crippen molar-refractivity contribution in [3.05, 3.63) is 41.2 Å². The van der Waals surface area contributed by atoms with Crippen LogP contribution in [0.2, 0.25) is 0 Å². The summed E-state index contributed by atoms with van der Waals surface area (Å²) in [5, 5.41) is 2.64. The van der Waals surface area contributed by atoms with E-state index in [4.69, 9.17) is 0 Å². The first-order chi connectivity index (χ1) is 8.52. The van der Waals surface area contributed by atoms with Crippen LogP contribution in [0, 0.1) is 5.82 Å². The third-order valence-corrected chi connectivity index (χ3v) is 2.39. The molecule has 96 valence electrons. The van der Waals surface area contributed by atoms with Crippen LogP contribution in [0.25, 0.3) is 6.08 Å². The smallest absolute Gasteiger partial charge is 0.216 e. The highest BCUT2D eigenvalue weighted by Crippen LogP contribution is 2.15. The van der Waals surface area contributed by atoms with Gasteiger partial charge in [-0.15, -0.1) is 0 Å². The minimum atomic E-state index is -0.499. The molecule has 1 N–H and O–H groups in total. The fourth-order valence-electron chi connectivity index (χ4n) is 1.49. The average Bonchev–Trinajstić information content (AvgIpc) is 2.30. The summed E-state index contributed by atoms with van der Waals surface area (Å²) in [4.78, 5) is 21.8. The zero-order valence-electron chi connectivity index (χ0n) is 10.5. The molecule has 0 aromatic heterocycles. The topological polar surface area (TPSA) is 46.2 Å². The molecule has 0 heterocycles. The second-order valence-corrected chi connectivity index (χ2v) is 3.94. The zero-order chi connectivity index (χ0) is 13.5. The van der Waals surface area contributed by atoms with Crippen LogP contribution in [0.1, 0.15) is 36.2 Å². The van der Waals surface area contributed by atoms with Crippen LogP contribution in [0.5, 0.6) is 0 Å². The third kappa shape index (κ3) is 4.13. The predicted molar refractivity (Wildman–Crippen MR) is 68.7 cm³/mol. The van der Waals surface area contributed by atoms with E-state index in [-0.39, 0.29) is 17.3 Å². The number of carbonyl (C=O) groups is 2. The Bertz CT molecular complexity index is 481. The van der Waals surface area contributed by atoms with Gasteiger partial charge in [-0.25, -0.2) is 4.39 Å². The number of amides is 1. The van der Waals surface area contributed by atoms with Crippen molar-refractivity contribution in [2.24, 2.45) is 0 Å². The fraction of sp³-hybridized carbons (Fsp3) is 0.286. The Morgan fingerprint density at radius 2 is 2.06 bits per heavy atom. The summed E-state index contributed by atoms with van der Waals surface area (Å²) in [5.41, 5.74) is 0.476. The number of Topliss-reactive ketones (excluding diaryl/α,β-unsaturated/α-hetero) is 1. The molecule has 0 aliphatic heterocycles. The molecular formula is C14H16FNO2. The van der Waals surface area contributed by atoms with Crippen molar-refractivity contribution in [2.45, 2.75) is 20.3 Å². The van der Waals surface area contributed by atoms with E-state index in [2.05, 4.69) is 5.32 Å². The van der Waals surface area contributed by atoms with Crippen molar-refractivity contribution in [1.29, 1.82) is 0 Å². The summed E-state index contributed by atoms with van der Waals surface area (Å²) in [5.74, 6) is -0.880. The number of halogens is 1. The van der Waals surface area contributed by atoms with Gasteiger partial charge < -0.3 is 5.32 Å². The number of hydrogen-bond acceptors (Lipinski definition) is 2. The Labute approximate surface area is 106 Å². The summed E-state index contributed by atoms with van der Waals surface area (Å²) >= 11 is 0. The minimum absolute atomic E-state index is 0.0897. The van der Waals surface area contributed by atoms with Gasteiger partial charge >= 0.3 is 0 Å². The van der Waals surface area contributed by atoms with Crippen molar-refractivity contribution < 1.29 is 14.0 Å². The van der Waals surface area contributed by atoms with Crippen molar-refractivity contribution in [3.8, 4) is 0 Å². The molecule has 0 unspecified atom stereocenters. The maximum Gasteiger partial charge on any atom is 0.216 e. The van der Waals surface area contributed by atoms with Crippen LogP contribution in [0.3, 0.4) is 0 Å². The van der Waals surface area contributed by atoms with Crippen molar-refractivity contribution >= 4 is 17.8 Å². The highest BCUT2D eigenvalue weighted by Gasteiger charge is 2.08. The maximum atomic E-state index is 13.8. The molecule has 0 atom stereocenters. The second kappa shape index (κ2) is 6.69. The first-order valence-electron chi connectivity index (χ1n) is 5.73. The van der Waals surface area contributed by atoms with E-state index in [0.29, 0.717) is 18.5 Å². The van der Waals surface area contributed by atoms with Gasteiger partial charge in [-0.05, 0) is 19.4 Å². The van der Waals surface area contributed by atoms with Crippen LogP contribution < -0.4 is 5.32 Å². The van der Waals surface area contributed by atoms with E-state index < -0.39 is 5.82 Å². The van der Waals surface area contributed by atoms with Crippen molar-refractivity contribution in [1.82, 2.24) is 5.32 Å². The molecule has 0 saturated carbocycles. The summed E-state index contributed by atoms with van der Waals surface area (Å²) in [7, 11) is 0. The van der Waals surface area contributed by atoms with Gasteiger partial charge in [0.05, 0.1) is 5.56 Å². The molecular weight excluding hydrogens is 233 g/mol. The fourth-order valence-corrected chi connectivity index (χ4v) is 1.49. The number of ketones is 1. The van der Waals surface area contributed by atoms with Crippen LogP contribution in [0.15, 0.2) is 24.3 Å². The minimum Gasteiger partial charge on any atom is -0.356 e. The number of benzene rings is 1. The van der Waals surface area contributed by atoms with E-state index in [0.717, 1.165) is 0 Å². The first kappa shape index (κ1) is 14.1. The van der Waals surface area contributed by atoms with Crippen LogP contribution >= 0.6 is 0 Å². The molecule has 1 aromatic carbocycles. The average molecular weight is 249 g/mol. The zero-order valence-corrected chi connectivity index (χ0v) is 10.5. The third-order valence-electron chi connectivity index (χ3n) is 2.39. The molecule has 0 saturated heterocycles. The molecule has 0 spiro atoms. The maximum absolute atomic E-state index is 13.8. The quantitative estimate of drug-likeness (QED) is 0.644. The molecule has 3 nitrogen and oxygen atoms in total. The summed E-state index contributed by atoms with van der Waals surface area (Å²) in [6.07, 6.45) is 3.99. The molecule has 0 aliphatic rings. The molecule has 18 heavy (non-hydrogen) atoms. The molecule has 1 aromatic rings. The van der Waals surface area contributed by atoms with E-state index >= 15 is 0 Å². The summed E-state index contributed by atoms with van der Waals surface area (Å²) < 4.78 is 13.8. The van der Waals surface area contributed by atoms with E-state index in [9.17, 15) is 14.0 Å². The normalized spacial score (nSPS) is 10.6. The lowest BCUT2D eigenvalue weighted by Gasteiger charge is -2.02.